The number of nitrogens with two attached hydrogens (primary N) is 1. The molecule has 1 fully saturated rings. The molecule has 0 aromatic carbocycles. The fourth-order valence-electron chi connectivity index (χ4n) is 1.71. The zero-order valence-corrected chi connectivity index (χ0v) is 9.04. The number of rotatable bonds is 3. The van der Waals surface area contributed by atoms with E-state index in [4.69, 9.17) is 10.9 Å². The first-order chi connectivity index (χ1) is 8.29. The zero-order valence-electron chi connectivity index (χ0n) is 9.04. The van der Waals surface area contributed by atoms with Crippen molar-refractivity contribution in [2.24, 2.45) is 10.9 Å². The number of hydrogen-bond donors (Lipinski definition) is 3. The summed E-state index contributed by atoms with van der Waals surface area (Å²) in [4.78, 5) is 8.32. The van der Waals surface area contributed by atoms with Crippen LogP contribution < -0.4 is 11.2 Å². The fraction of sp³-hybridized carbons (Fsp3) is 0.300. The van der Waals surface area contributed by atoms with E-state index in [1.165, 1.54) is 0 Å². The molecule has 0 amide bonds. The standard InChI is InChI=1S/C10H12N6O/c11-9(15-17)7-3-4-12-10-8(7)16(5-13-10)14-6-1-2-6/h3-6,14,17H,1-2H2,(H2,11,15). The fourth-order valence-corrected chi connectivity index (χ4v) is 1.71. The van der Waals surface area contributed by atoms with E-state index in [0.29, 0.717) is 17.3 Å². The lowest BCUT2D eigenvalue weighted by molar-refractivity contribution is 0.318. The van der Waals surface area contributed by atoms with Crippen molar-refractivity contribution in [2.75, 3.05) is 5.43 Å². The number of amidine groups is 1. The quantitative estimate of drug-likeness (QED) is 0.304. The molecule has 1 aliphatic carbocycles. The van der Waals surface area contributed by atoms with Gasteiger partial charge in [-0.1, -0.05) is 5.16 Å². The Labute approximate surface area is 96.9 Å². The molecule has 2 aromatic heterocycles. The molecule has 7 heteroatoms. The Morgan fingerprint density at radius 1 is 1.53 bits per heavy atom. The van der Waals surface area contributed by atoms with Crippen LogP contribution in [0.2, 0.25) is 0 Å². The van der Waals surface area contributed by atoms with Crippen LogP contribution in [-0.4, -0.2) is 31.7 Å². The van der Waals surface area contributed by atoms with E-state index in [-0.39, 0.29) is 5.84 Å². The van der Waals surface area contributed by atoms with E-state index in [9.17, 15) is 0 Å². The van der Waals surface area contributed by atoms with Crippen molar-refractivity contribution in [3.8, 4) is 0 Å². The lowest BCUT2D eigenvalue weighted by Gasteiger charge is -2.08. The summed E-state index contributed by atoms with van der Waals surface area (Å²) in [6.45, 7) is 0. The van der Waals surface area contributed by atoms with Crippen molar-refractivity contribution in [1.82, 2.24) is 14.6 Å². The number of nitrogens with one attached hydrogen (secondary N) is 1. The van der Waals surface area contributed by atoms with Gasteiger partial charge in [0.25, 0.3) is 0 Å². The van der Waals surface area contributed by atoms with Crippen molar-refractivity contribution in [2.45, 2.75) is 18.9 Å². The maximum Gasteiger partial charge on any atom is 0.180 e. The van der Waals surface area contributed by atoms with Crippen LogP contribution in [0.5, 0.6) is 0 Å². The summed E-state index contributed by atoms with van der Waals surface area (Å²) in [5, 5.41) is 11.8. The summed E-state index contributed by atoms with van der Waals surface area (Å²) >= 11 is 0. The summed E-state index contributed by atoms with van der Waals surface area (Å²) in [5.41, 5.74) is 10.8. The van der Waals surface area contributed by atoms with E-state index < -0.39 is 0 Å². The Morgan fingerprint density at radius 3 is 3.06 bits per heavy atom. The molecule has 7 nitrogen and oxygen atoms in total. The summed E-state index contributed by atoms with van der Waals surface area (Å²) in [7, 11) is 0. The van der Waals surface area contributed by atoms with Gasteiger partial charge in [-0.15, -0.1) is 0 Å². The van der Waals surface area contributed by atoms with E-state index in [1.807, 2.05) is 0 Å². The van der Waals surface area contributed by atoms with Crippen LogP contribution in [0, 0.1) is 0 Å². The molecular weight excluding hydrogens is 220 g/mol. The molecule has 0 bridgehead atoms. The highest BCUT2D eigenvalue weighted by Gasteiger charge is 2.22. The van der Waals surface area contributed by atoms with Crippen LogP contribution in [0.3, 0.4) is 0 Å². The van der Waals surface area contributed by atoms with Crippen molar-refractivity contribution >= 4 is 17.0 Å². The van der Waals surface area contributed by atoms with E-state index in [0.717, 1.165) is 18.4 Å². The lowest BCUT2D eigenvalue weighted by atomic mass is 10.2. The largest absolute Gasteiger partial charge is 0.409 e. The molecule has 3 rings (SSSR count). The molecule has 0 aliphatic heterocycles. The normalized spacial score (nSPS) is 16.4. The highest BCUT2D eigenvalue weighted by molar-refractivity contribution is 6.06. The summed E-state index contributed by atoms with van der Waals surface area (Å²) in [5.74, 6) is 0.0525. The van der Waals surface area contributed by atoms with E-state index >= 15 is 0 Å². The van der Waals surface area contributed by atoms with Gasteiger partial charge >= 0.3 is 0 Å². The van der Waals surface area contributed by atoms with Crippen LogP contribution in [-0.2, 0) is 0 Å². The first-order valence-electron chi connectivity index (χ1n) is 5.36. The van der Waals surface area contributed by atoms with Gasteiger partial charge < -0.3 is 16.4 Å². The monoisotopic (exact) mass is 232 g/mol. The lowest BCUT2D eigenvalue weighted by Crippen LogP contribution is -2.19. The molecule has 0 atom stereocenters. The molecule has 2 heterocycles. The average Bonchev–Trinajstić information content (AvgIpc) is 3.08. The number of fused-ring (bicyclic) bond motifs is 1. The van der Waals surface area contributed by atoms with Gasteiger partial charge in [0.05, 0.1) is 5.56 Å². The van der Waals surface area contributed by atoms with Gasteiger partial charge in [0.15, 0.2) is 11.5 Å². The maximum atomic E-state index is 8.76. The van der Waals surface area contributed by atoms with Crippen molar-refractivity contribution < 1.29 is 5.21 Å². The highest BCUT2D eigenvalue weighted by atomic mass is 16.4. The van der Waals surface area contributed by atoms with E-state index in [2.05, 4.69) is 20.5 Å². The van der Waals surface area contributed by atoms with Gasteiger partial charge in [-0.2, -0.15) is 0 Å². The maximum absolute atomic E-state index is 8.76. The summed E-state index contributed by atoms with van der Waals surface area (Å²) < 4.78 is 1.79. The van der Waals surface area contributed by atoms with Crippen LogP contribution in [0.1, 0.15) is 18.4 Å². The third-order valence-electron chi connectivity index (χ3n) is 2.72. The Balaban J connectivity index is 2.16. The van der Waals surface area contributed by atoms with Crippen LogP contribution >= 0.6 is 0 Å². The smallest absolute Gasteiger partial charge is 0.180 e. The highest BCUT2D eigenvalue weighted by Crippen LogP contribution is 2.22. The minimum atomic E-state index is 0.0525. The van der Waals surface area contributed by atoms with Gasteiger partial charge in [0, 0.05) is 12.2 Å². The average molecular weight is 232 g/mol. The molecule has 0 spiro atoms. The molecule has 0 saturated heterocycles. The van der Waals surface area contributed by atoms with Crippen molar-refractivity contribution in [1.29, 1.82) is 0 Å². The third-order valence-corrected chi connectivity index (χ3v) is 2.72. The number of nitrogens with zero attached hydrogens (tertiary/aromatic N) is 4. The van der Waals surface area contributed by atoms with Gasteiger partial charge in [0.2, 0.25) is 0 Å². The number of oxime groups is 1. The second kappa shape index (κ2) is 3.62. The minimum Gasteiger partial charge on any atom is -0.409 e. The van der Waals surface area contributed by atoms with Gasteiger partial charge in [-0.05, 0) is 18.9 Å². The van der Waals surface area contributed by atoms with Crippen LogP contribution in [0.4, 0.5) is 0 Å². The van der Waals surface area contributed by atoms with Gasteiger partial charge in [0.1, 0.15) is 11.8 Å². The van der Waals surface area contributed by atoms with Crippen LogP contribution in [0.25, 0.3) is 11.2 Å². The summed E-state index contributed by atoms with van der Waals surface area (Å²) in [6, 6.07) is 2.18. The van der Waals surface area contributed by atoms with Gasteiger partial charge in [-0.3, -0.25) is 0 Å². The van der Waals surface area contributed by atoms with Gasteiger partial charge in [-0.25, -0.2) is 14.6 Å². The topological polar surface area (TPSA) is 101 Å². The molecule has 17 heavy (non-hydrogen) atoms. The van der Waals surface area contributed by atoms with E-state index in [1.54, 1.807) is 23.3 Å². The Hall–Kier alpha value is -2.31. The minimum absolute atomic E-state index is 0.0525. The first kappa shape index (κ1) is 9.88. The molecule has 2 aromatic rings. The van der Waals surface area contributed by atoms with Crippen LogP contribution in [0.15, 0.2) is 23.7 Å². The number of imidazole rings is 1. The molecule has 0 radical (unpaired) electrons. The van der Waals surface area contributed by atoms with Crippen molar-refractivity contribution in [3.63, 3.8) is 0 Å². The molecule has 1 aliphatic rings. The molecule has 1 saturated carbocycles. The number of pyridine rings is 1. The molecule has 4 N–H and O–H groups in total. The SMILES string of the molecule is N/C(=N\O)c1ccnc2ncn(NC3CC3)c12. The predicted octanol–water partition coefficient (Wildman–Crippen LogP) is 0.232. The Morgan fingerprint density at radius 2 is 2.35 bits per heavy atom. The molecule has 0 unspecified atom stereocenters. The Bertz CT molecular complexity index is 585. The zero-order chi connectivity index (χ0) is 11.8. The number of aromatic nitrogens is 3. The first-order valence-corrected chi connectivity index (χ1v) is 5.36. The third kappa shape index (κ3) is 1.65. The molecule has 88 valence electrons. The van der Waals surface area contributed by atoms with Crippen molar-refractivity contribution in [3.05, 3.63) is 24.2 Å². The molecular formula is C10H12N6O. The second-order valence-electron chi connectivity index (χ2n) is 4.03. The predicted molar refractivity (Wildman–Crippen MR) is 62.4 cm³/mol. The second-order valence-corrected chi connectivity index (χ2v) is 4.03. The Kier molecular flexibility index (Phi) is 2.10. The summed E-state index contributed by atoms with van der Waals surface area (Å²) in [6.07, 6.45) is 5.55. The number of hydrogen-bond acceptors (Lipinski definition) is 5.